The molecule has 0 saturated carbocycles. The molecule has 0 unspecified atom stereocenters. The first-order valence-corrected chi connectivity index (χ1v) is 9.94. The first kappa shape index (κ1) is 23.0. The molecule has 0 aliphatic heterocycles. The SMILES string of the molecule is CN=C(NCc1ccc(OCCOc2ccccc2)nc1)NCc1cccs1.I. The van der Waals surface area contributed by atoms with E-state index in [9.17, 15) is 0 Å². The Morgan fingerprint density at radius 1 is 0.966 bits per heavy atom. The minimum Gasteiger partial charge on any atom is -0.490 e. The van der Waals surface area contributed by atoms with Crippen LogP contribution in [0.15, 0.2) is 71.2 Å². The van der Waals surface area contributed by atoms with Crippen molar-refractivity contribution in [1.82, 2.24) is 15.6 Å². The second-order valence-electron chi connectivity index (χ2n) is 5.87. The molecule has 0 fully saturated rings. The summed E-state index contributed by atoms with van der Waals surface area (Å²) in [6, 6.07) is 17.7. The number of guanidine groups is 1. The van der Waals surface area contributed by atoms with Crippen molar-refractivity contribution in [2.45, 2.75) is 13.1 Å². The highest BCUT2D eigenvalue weighted by molar-refractivity contribution is 14.0. The first-order valence-electron chi connectivity index (χ1n) is 9.06. The second-order valence-corrected chi connectivity index (χ2v) is 6.91. The van der Waals surface area contributed by atoms with Crippen molar-refractivity contribution >= 4 is 41.3 Å². The number of nitrogens with zero attached hydrogens (tertiary/aromatic N) is 2. The standard InChI is InChI=1S/C21H24N4O2S.HI/c1-22-21(25-16-19-8-5-13-28-19)24-15-17-9-10-20(23-14-17)27-12-11-26-18-6-3-2-4-7-18;/h2-10,13-14H,11-12,15-16H2,1H3,(H2,22,24,25);1H. The van der Waals surface area contributed by atoms with Gasteiger partial charge in [0.05, 0.1) is 6.54 Å². The lowest BCUT2D eigenvalue weighted by molar-refractivity contribution is 0.212. The van der Waals surface area contributed by atoms with E-state index in [1.165, 1.54) is 4.88 Å². The monoisotopic (exact) mass is 524 g/mol. The number of para-hydroxylation sites is 1. The number of rotatable bonds is 9. The van der Waals surface area contributed by atoms with E-state index in [1.807, 2.05) is 48.5 Å². The van der Waals surface area contributed by atoms with Gasteiger partial charge >= 0.3 is 0 Å². The summed E-state index contributed by atoms with van der Waals surface area (Å²) in [7, 11) is 1.76. The normalized spacial score (nSPS) is 10.7. The molecule has 1 aromatic carbocycles. The topological polar surface area (TPSA) is 67.8 Å². The maximum atomic E-state index is 5.62. The Hall–Kier alpha value is -2.33. The lowest BCUT2D eigenvalue weighted by Gasteiger charge is -2.11. The molecule has 0 bridgehead atoms. The smallest absolute Gasteiger partial charge is 0.213 e. The Morgan fingerprint density at radius 3 is 2.45 bits per heavy atom. The summed E-state index contributed by atoms with van der Waals surface area (Å²) < 4.78 is 11.2. The maximum Gasteiger partial charge on any atom is 0.213 e. The molecule has 0 aliphatic rings. The molecule has 0 aliphatic carbocycles. The quantitative estimate of drug-likeness (QED) is 0.191. The Bertz CT molecular complexity index is 843. The van der Waals surface area contributed by atoms with Crippen molar-refractivity contribution in [3.05, 3.63) is 76.6 Å². The highest BCUT2D eigenvalue weighted by Gasteiger charge is 2.01. The molecule has 2 heterocycles. The van der Waals surface area contributed by atoms with Gasteiger partial charge in [0.15, 0.2) is 5.96 Å². The minimum atomic E-state index is 0. The summed E-state index contributed by atoms with van der Waals surface area (Å²) in [5, 5.41) is 8.64. The van der Waals surface area contributed by atoms with Gasteiger partial charge in [0.1, 0.15) is 19.0 Å². The Balaban J connectivity index is 0.00000300. The molecule has 29 heavy (non-hydrogen) atoms. The number of benzene rings is 1. The molecule has 2 N–H and O–H groups in total. The summed E-state index contributed by atoms with van der Waals surface area (Å²) in [6.07, 6.45) is 1.80. The van der Waals surface area contributed by atoms with E-state index in [0.29, 0.717) is 25.6 Å². The third-order valence-corrected chi connectivity index (χ3v) is 4.71. The van der Waals surface area contributed by atoms with Crippen molar-refractivity contribution in [3.8, 4) is 11.6 Å². The zero-order valence-corrected chi connectivity index (χ0v) is 19.4. The predicted octanol–water partition coefficient (Wildman–Crippen LogP) is 4.08. The van der Waals surface area contributed by atoms with Crippen LogP contribution in [0.3, 0.4) is 0 Å². The van der Waals surface area contributed by atoms with Crippen molar-refractivity contribution in [2.75, 3.05) is 20.3 Å². The summed E-state index contributed by atoms with van der Waals surface area (Å²) in [4.78, 5) is 9.84. The number of hydrogen-bond donors (Lipinski definition) is 2. The zero-order valence-electron chi connectivity index (χ0n) is 16.2. The van der Waals surface area contributed by atoms with E-state index >= 15 is 0 Å². The van der Waals surface area contributed by atoms with Gasteiger partial charge in [-0.15, -0.1) is 35.3 Å². The van der Waals surface area contributed by atoms with E-state index in [2.05, 4.69) is 32.1 Å². The largest absolute Gasteiger partial charge is 0.490 e. The average Bonchev–Trinajstić information content (AvgIpc) is 3.27. The molecule has 0 atom stereocenters. The lowest BCUT2D eigenvalue weighted by Crippen LogP contribution is -2.36. The molecular formula is C21H25IN4O2S. The van der Waals surface area contributed by atoms with Crippen LogP contribution in [0.4, 0.5) is 0 Å². The summed E-state index contributed by atoms with van der Waals surface area (Å²) in [6.45, 7) is 2.31. The highest BCUT2D eigenvalue weighted by atomic mass is 127. The van der Waals surface area contributed by atoms with Gasteiger partial charge in [-0.1, -0.05) is 30.3 Å². The molecule has 0 saturated heterocycles. The van der Waals surface area contributed by atoms with Crippen molar-refractivity contribution in [1.29, 1.82) is 0 Å². The van der Waals surface area contributed by atoms with Crippen LogP contribution in [0.1, 0.15) is 10.4 Å². The Morgan fingerprint density at radius 2 is 1.76 bits per heavy atom. The molecule has 3 rings (SSSR count). The van der Waals surface area contributed by atoms with Crippen LogP contribution in [0.25, 0.3) is 0 Å². The van der Waals surface area contributed by atoms with Crippen LogP contribution in [-0.4, -0.2) is 31.2 Å². The zero-order chi connectivity index (χ0) is 19.4. The molecule has 154 valence electrons. The van der Waals surface area contributed by atoms with E-state index in [0.717, 1.165) is 23.8 Å². The third kappa shape index (κ3) is 8.28. The van der Waals surface area contributed by atoms with Gasteiger partial charge in [-0.2, -0.15) is 0 Å². The summed E-state index contributed by atoms with van der Waals surface area (Å²) in [5.74, 6) is 2.17. The van der Waals surface area contributed by atoms with Crippen LogP contribution in [0.5, 0.6) is 11.6 Å². The van der Waals surface area contributed by atoms with Crippen LogP contribution in [0, 0.1) is 0 Å². The maximum absolute atomic E-state index is 5.62. The molecule has 8 heteroatoms. The predicted molar refractivity (Wildman–Crippen MR) is 128 cm³/mol. The number of aromatic nitrogens is 1. The average molecular weight is 524 g/mol. The van der Waals surface area contributed by atoms with E-state index in [-0.39, 0.29) is 24.0 Å². The number of hydrogen-bond acceptors (Lipinski definition) is 5. The number of ether oxygens (including phenoxy) is 2. The van der Waals surface area contributed by atoms with Gasteiger partial charge in [0, 0.05) is 30.7 Å². The van der Waals surface area contributed by atoms with Gasteiger partial charge in [-0.05, 0) is 29.1 Å². The first-order chi connectivity index (χ1) is 13.8. The van der Waals surface area contributed by atoms with Gasteiger partial charge < -0.3 is 20.1 Å². The fraction of sp³-hybridized carbons (Fsp3) is 0.238. The molecule has 3 aromatic rings. The number of halogens is 1. The van der Waals surface area contributed by atoms with Crippen molar-refractivity contribution in [2.24, 2.45) is 4.99 Å². The molecule has 0 spiro atoms. The van der Waals surface area contributed by atoms with Crippen molar-refractivity contribution in [3.63, 3.8) is 0 Å². The van der Waals surface area contributed by atoms with Crippen LogP contribution in [0.2, 0.25) is 0 Å². The Labute approximate surface area is 192 Å². The van der Waals surface area contributed by atoms with Crippen LogP contribution in [-0.2, 0) is 13.1 Å². The van der Waals surface area contributed by atoms with Crippen LogP contribution < -0.4 is 20.1 Å². The molecule has 0 radical (unpaired) electrons. The second kappa shape index (κ2) is 13.0. The molecule has 2 aromatic heterocycles. The number of thiophene rings is 1. The van der Waals surface area contributed by atoms with Crippen molar-refractivity contribution < 1.29 is 9.47 Å². The van der Waals surface area contributed by atoms with Crippen LogP contribution >= 0.6 is 35.3 Å². The minimum absolute atomic E-state index is 0. The summed E-state index contributed by atoms with van der Waals surface area (Å²) >= 11 is 1.72. The highest BCUT2D eigenvalue weighted by Crippen LogP contribution is 2.10. The third-order valence-electron chi connectivity index (χ3n) is 3.84. The Kier molecular flexibility index (Phi) is 10.3. The van der Waals surface area contributed by atoms with E-state index in [1.54, 1.807) is 24.6 Å². The lowest BCUT2D eigenvalue weighted by atomic mass is 10.3. The fourth-order valence-corrected chi connectivity index (χ4v) is 3.06. The fourth-order valence-electron chi connectivity index (χ4n) is 2.41. The number of aliphatic imine (C=N–C) groups is 1. The van der Waals surface area contributed by atoms with Gasteiger partial charge in [0.2, 0.25) is 5.88 Å². The van der Waals surface area contributed by atoms with E-state index in [4.69, 9.17) is 9.47 Å². The summed E-state index contributed by atoms with van der Waals surface area (Å²) in [5.41, 5.74) is 1.05. The molecule has 6 nitrogen and oxygen atoms in total. The number of pyridine rings is 1. The van der Waals surface area contributed by atoms with E-state index < -0.39 is 0 Å². The number of nitrogens with one attached hydrogen (secondary N) is 2. The van der Waals surface area contributed by atoms with Gasteiger partial charge in [-0.25, -0.2) is 4.98 Å². The van der Waals surface area contributed by atoms with Gasteiger partial charge in [-0.3, -0.25) is 4.99 Å². The molecular weight excluding hydrogens is 499 g/mol. The molecule has 0 amide bonds. The van der Waals surface area contributed by atoms with Gasteiger partial charge in [0.25, 0.3) is 0 Å².